The summed E-state index contributed by atoms with van der Waals surface area (Å²) < 4.78 is 7.15. The average molecular weight is 383 g/mol. The van der Waals surface area contributed by atoms with Crippen molar-refractivity contribution in [2.24, 2.45) is 5.92 Å². The number of aromatic nitrogens is 2. The van der Waals surface area contributed by atoms with Crippen LogP contribution in [0.25, 0.3) is 10.2 Å². The monoisotopic (exact) mass is 382 g/mol. The van der Waals surface area contributed by atoms with Gasteiger partial charge in [-0.05, 0) is 43.9 Å². The Labute approximate surface area is 164 Å². The third-order valence-electron chi connectivity index (χ3n) is 4.95. The molecule has 1 aromatic carbocycles. The molecule has 0 aliphatic heterocycles. The molecule has 27 heavy (non-hydrogen) atoms. The number of rotatable bonds is 7. The molecule has 0 atom stereocenters. The summed E-state index contributed by atoms with van der Waals surface area (Å²) in [5, 5.41) is 7.75. The quantitative estimate of drug-likeness (QED) is 0.532. The highest BCUT2D eigenvalue weighted by atomic mass is 32.1. The molecule has 0 radical (unpaired) electrons. The lowest BCUT2D eigenvalue weighted by atomic mass is 9.89. The van der Waals surface area contributed by atoms with Gasteiger partial charge in [-0.3, -0.25) is 0 Å². The average Bonchev–Trinajstić information content (AvgIpc) is 3.10. The van der Waals surface area contributed by atoms with Gasteiger partial charge >= 0.3 is 0 Å². The van der Waals surface area contributed by atoms with E-state index in [9.17, 15) is 0 Å². The van der Waals surface area contributed by atoms with E-state index in [-0.39, 0.29) is 0 Å². The highest BCUT2D eigenvalue weighted by Gasteiger charge is 2.14. The van der Waals surface area contributed by atoms with Crippen LogP contribution in [-0.4, -0.2) is 23.1 Å². The van der Waals surface area contributed by atoms with Crippen molar-refractivity contribution >= 4 is 32.5 Å². The van der Waals surface area contributed by atoms with E-state index in [4.69, 9.17) is 9.72 Å². The Morgan fingerprint density at radius 1 is 1.07 bits per heavy atom. The van der Waals surface area contributed by atoms with E-state index in [1.165, 1.54) is 32.1 Å². The molecule has 0 unspecified atom stereocenters. The number of ether oxygens (including phenoxy) is 1. The lowest BCUT2D eigenvalue weighted by molar-refractivity contribution is 0.373. The molecule has 5 nitrogen and oxygen atoms in total. The predicted molar refractivity (Wildman–Crippen MR) is 113 cm³/mol. The van der Waals surface area contributed by atoms with Gasteiger partial charge in [-0.25, -0.2) is 9.97 Å². The Hall–Kier alpha value is -2.34. The topological polar surface area (TPSA) is 59.1 Å². The number of fused-ring (bicyclic) bond motifs is 1. The summed E-state index contributed by atoms with van der Waals surface area (Å²) in [6, 6.07) is 9.85. The smallest absolute Gasteiger partial charge is 0.183 e. The number of pyridine rings is 1. The summed E-state index contributed by atoms with van der Waals surface area (Å²) in [7, 11) is 0. The summed E-state index contributed by atoms with van der Waals surface area (Å²) in [4.78, 5) is 8.99. The van der Waals surface area contributed by atoms with E-state index in [1.54, 1.807) is 17.5 Å². The molecule has 2 aromatic heterocycles. The Bertz CT molecular complexity index is 889. The van der Waals surface area contributed by atoms with Crippen molar-refractivity contribution in [1.82, 2.24) is 9.97 Å². The number of nitrogens with zero attached hydrogens (tertiary/aromatic N) is 2. The number of hydrogen-bond acceptors (Lipinski definition) is 6. The minimum atomic E-state index is 0.778. The lowest BCUT2D eigenvalue weighted by Gasteiger charge is -2.21. The zero-order valence-corrected chi connectivity index (χ0v) is 16.5. The summed E-state index contributed by atoms with van der Waals surface area (Å²) in [6.07, 6.45) is 8.59. The van der Waals surface area contributed by atoms with Gasteiger partial charge in [-0.15, -0.1) is 0 Å². The maximum Gasteiger partial charge on any atom is 0.183 e. The summed E-state index contributed by atoms with van der Waals surface area (Å²) >= 11 is 1.69. The first-order valence-electron chi connectivity index (χ1n) is 9.82. The first kappa shape index (κ1) is 18.0. The lowest BCUT2D eigenvalue weighted by Crippen LogP contribution is -2.16. The highest BCUT2D eigenvalue weighted by Crippen LogP contribution is 2.32. The van der Waals surface area contributed by atoms with Gasteiger partial charge in [0, 0.05) is 31.4 Å². The number of nitrogens with one attached hydrogen (secondary N) is 2. The fourth-order valence-corrected chi connectivity index (χ4v) is 4.46. The standard InChI is InChI=1S/C21H26N4OS/c1-2-22-20-13-17(10-11-23-20)26-16-8-9-18-19(12-16)27-21(25-18)24-14-15-6-4-3-5-7-15/h8-13,15H,2-7,14H2,1H3,(H,22,23)(H,24,25). The molecule has 3 aromatic rings. The number of anilines is 2. The van der Waals surface area contributed by atoms with Gasteiger partial charge in [0.2, 0.25) is 0 Å². The van der Waals surface area contributed by atoms with Crippen LogP contribution in [0.5, 0.6) is 11.5 Å². The van der Waals surface area contributed by atoms with E-state index < -0.39 is 0 Å². The largest absolute Gasteiger partial charge is 0.457 e. The predicted octanol–water partition coefficient (Wildman–Crippen LogP) is 5.91. The molecule has 0 bridgehead atoms. The van der Waals surface area contributed by atoms with Crippen LogP contribution in [0, 0.1) is 5.92 Å². The van der Waals surface area contributed by atoms with Gasteiger partial charge in [0.1, 0.15) is 17.3 Å². The normalized spacial score (nSPS) is 15.0. The molecule has 6 heteroatoms. The zero-order chi connectivity index (χ0) is 18.5. The van der Waals surface area contributed by atoms with E-state index in [0.29, 0.717) is 0 Å². The maximum absolute atomic E-state index is 6.02. The van der Waals surface area contributed by atoms with Crippen molar-refractivity contribution in [3.8, 4) is 11.5 Å². The van der Waals surface area contributed by atoms with Gasteiger partial charge < -0.3 is 15.4 Å². The summed E-state index contributed by atoms with van der Waals surface area (Å²) in [5.41, 5.74) is 1.02. The fourth-order valence-electron chi connectivity index (χ4n) is 3.56. The van der Waals surface area contributed by atoms with Crippen LogP contribution in [0.1, 0.15) is 39.0 Å². The maximum atomic E-state index is 6.02. The molecule has 4 rings (SSSR count). The molecule has 0 spiro atoms. The third-order valence-corrected chi connectivity index (χ3v) is 5.93. The molecular formula is C21H26N4OS. The Balaban J connectivity index is 1.43. The molecular weight excluding hydrogens is 356 g/mol. The molecule has 142 valence electrons. The zero-order valence-electron chi connectivity index (χ0n) is 15.7. The van der Waals surface area contributed by atoms with Crippen molar-refractivity contribution in [3.05, 3.63) is 36.5 Å². The Morgan fingerprint density at radius 2 is 1.93 bits per heavy atom. The van der Waals surface area contributed by atoms with E-state index >= 15 is 0 Å². The summed E-state index contributed by atoms with van der Waals surface area (Å²) in [5.74, 6) is 3.21. The third kappa shape index (κ3) is 4.69. The van der Waals surface area contributed by atoms with Crippen molar-refractivity contribution < 1.29 is 4.74 Å². The van der Waals surface area contributed by atoms with Crippen molar-refractivity contribution in [2.75, 3.05) is 23.7 Å². The molecule has 1 saturated carbocycles. The van der Waals surface area contributed by atoms with E-state index in [0.717, 1.165) is 51.7 Å². The van der Waals surface area contributed by atoms with Crippen molar-refractivity contribution in [2.45, 2.75) is 39.0 Å². The molecule has 1 aliphatic rings. The summed E-state index contributed by atoms with van der Waals surface area (Å²) in [6.45, 7) is 3.92. The second-order valence-electron chi connectivity index (χ2n) is 7.04. The molecule has 0 saturated heterocycles. The van der Waals surface area contributed by atoms with Crippen molar-refractivity contribution in [1.29, 1.82) is 0 Å². The van der Waals surface area contributed by atoms with Gasteiger partial charge in [0.05, 0.1) is 10.2 Å². The molecule has 1 aliphatic carbocycles. The number of hydrogen-bond donors (Lipinski definition) is 2. The van der Waals surface area contributed by atoms with Gasteiger partial charge in [-0.1, -0.05) is 30.6 Å². The van der Waals surface area contributed by atoms with Gasteiger partial charge in [0.25, 0.3) is 0 Å². The van der Waals surface area contributed by atoms with Gasteiger partial charge in [0.15, 0.2) is 5.13 Å². The second kappa shape index (κ2) is 8.57. The van der Waals surface area contributed by atoms with E-state index in [1.807, 2.05) is 31.2 Å². The molecule has 2 heterocycles. The first-order valence-corrected chi connectivity index (χ1v) is 10.6. The fraction of sp³-hybridized carbons (Fsp3) is 0.429. The van der Waals surface area contributed by atoms with E-state index in [2.05, 4.69) is 21.7 Å². The number of thiazole rings is 1. The minimum absolute atomic E-state index is 0.778. The second-order valence-corrected chi connectivity index (χ2v) is 8.07. The van der Waals surface area contributed by atoms with Crippen LogP contribution in [-0.2, 0) is 0 Å². The minimum Gasteiger partial charge on any atom is -0.457 e. The van der Waals surface area contributed by atoms with Crippen LogP contribution >= 0.6 is 11.3 Å². The molecule has 1 fully saturated rings. The first-order chi connectivity index (χ1) is 13.3. The highest BCUT2D eigenvalue weighted by molar-refractivity contribution is 7.22. The Kier molecular flexibility index (Phi) is 5.72. The van der Waals surface area contributed by atoms with Gasteiger partial charge in [-0.2, -0.15) is 0 Å². The van der Waals surface area contributed by atoms with Crippen LogP contribution in [0.2, 0.25) is 0 Å². The SMILES string of the molecule is CCNc1cc(Oc2ccc3nc(NCC4CCCCC4)sc3c2)ccn1. The van der Waals surface area contributed by atoms with Crippen LogP contribution in [0.15, 0.2) is 36.5 Å². The van der Waals surface area contributed by atoms with Crippen LogP contribution < -0.4 is 15.4 Å². The number of benzene rings is 1. The van der Waals surface area contributed by atoms with Crippen molar-refractivity contribution in [3.63, 3.8) is 0 Å². The molecule has 2 N–H and O–H groups in total. The Morgan fingerprint density at radius 3 is 2.78 bits per heavy atom. The van der Waals surface area contributed by atoms with Crippen LogP contribution in [0.4, 0.5) is 10.9 Å². The van der Waals surface area contributed by atoms with Crippen LogP contribution in [0.3, 0.4) is 0 Å². The molecule has 0 amide bonds.